The zero-order valence-electron chi connectivity index (χ0n) is 19.4. The molecule has 6 atom stereocenters. The quantitative estimate of drug-likeness (QED) is 0.386. The number of thioether (sulfide) groups is 1. The number of nitrogens with zero attached hydrogens (tertiary/aromatic N) is 6. The second kappa shape index (κ2) is 9.62. The molecule has 5 heterocycles. The van der Waals surface area contributed by atoms with Gasteiger partial charge in [-0.1, -0.05) is 6.92 Å². The Bertz CT molecular complexity index is 965. The van der Waals surface area contributed by atoms with Gasteiger partial charge < -0.3 is 25.8 Å². The molecule has 0 spiro atoms. The maximum Gasteiger partial charge on any atom is 0.242 e. The Labute approximate surface area is 202 Å². The number of rotatable bonds is 7. The number of amides is 3. The molecule has 4 aliphatic heterocycles. The highest BCUT2D eigenvalue weighted by molar-refractivity contribution is 8.03. The van der Waals surface area contributed by atoms with Gasteiger partial charge in [-0.2, -0.15) is 0 Å². The van der Waals surface area contributed by atoms with E-state index >= 15 is 0 Å². The summed E-state index contributed by atoms with van der Waals surface area (Å²) in [6.07, 6.45) is 4.15. The van der Waals surface area contributed by atoms with Crippen LogP contribution in [0.3, 0.4) is 0 Å². The maximum atomic E-state index is 12.8. The molecule has 0 bridgehead atoms. The molecule has 184 valence electrons. The average Bonchev–Trinajstić information content (AvgIpc) is 3.56. The van der Waals surface area contributed by atoms with Gasteiger partial charge in [0.1, 0.15) is 12.9 Å². The van der Waals surface area contributed by atoms with E-state index in [4.69, 9.17) is 0 Å². The first-order chi connectivity index (χ1) is 16.4. The van der Waals surface area contributed by atoms with Crippen molar-refractivity contribution in [3.63, 3.8) is 0 Å². The van der Waals surface area contributed by atoms with E-state index < -0.39 is 0 Å². The lowest BCUT2D eigenvalue weighted by Crippen LogP contribution is -2.64. The molecule has 34 heavy (non-hydrogen) atoms. The van der Waals surface area contributed by atoms with Crippen LogP contribution in [-0.2, 0) is 20.9 Å². The van der Waals surface area contributed by atoms with Crippen LogP contribution in [0.5, 0.6) is 0 Å². The van der Waals surface area contributed by atoms with E-state index in [2.05, 4.69) is 38.4 Å². The van der Waals surface area contributed by atoms with Gasteiger partial charge in [0, 0.05) is 61.0 Å². The number of fused-ring (bicyclic) bond motifs is 1. The van der Waals surface area contributed by atoms with Gasteiger partial charge in [-0.05, 0) is 23.8 Å². The summed E-state index contributed by atoms with van der Waals surface area (Å²) in [5.74, 6) is -0.0563. The lowest BCUT2D eigenvalue weighted by atomic mass is 9.78. The van der Waals surface area contributed by atoms with E-state index in [1.807, 2.05) is 22.9 Å². The summed E-state index contributed by atoms with van der Waals surface area (Å²) < 4.78 is 1.35. The molecule has 0 aliphatic carbocycles. The summed E-state index contributed by atoms with van der Waals surface area (Å²) in [6.45, 7) is 8.05. The van der Waals surface area contributed by atoms with Crippen LogP contribution in [0.2, 0.25) is 0 Å². The highest BCUT2D eigenvalue weighted by Gasteiger charge is 2.56. The number of tetrazole rings is 1. The van der Waals surface area contributed by atoms with E-state index in [-0.39, 0.29) is 54.2 Å². The molecule has 3 saturated heterocycles. The summed E-state index contributed by atoms with van der Waals surface area (Å²) in [4.78, 5) is 42.9. The Hall–Kier alpha value is -2.51. The van der Waals surface area contributed by atoms with E-state index in [1.54, 1.807) is 11.8 Å². The van der Waals surface area contributed by atoms with E-state index in [9.17, 15) is 14.4 Å². The standard InChI is InChI=1S/C21H31N9O3S/c1-12-16(34-14-7-15(23-8-14)20(32)28-5-3-22-4-6-28)9-30-19(12)18(21(30)33)13(2)25-17(31)10-29-11-24-26-27-29/h9,11-15,18-19,22-23H,3-8,10H2,1-2H3,(H,25,31)/t12-,13+,14-,15-,18+,19+/m0/s1. The third kappa shape index (κ3) is 4.43. The SMILES string of the molecule is C[C@@H](NC(=O)Cn1cnnn1)[C@H]1C(=O)N2C=C(S[C@@H]3CN[C@H](C(=O)N4CCNCC4)C3)[C@H](C)[C@H]12. The molecule has 13 heteroatoms. The van der Waals surface area contributed by atoms with Crippen LogP contribution in [0.25, 0.3) is 0 Å². The number of carbonyl (C=O) groups is 3. The molecule has 5 rings (SSSR count). The van der Waals surface area contributed by atoms with Crippen molar-refractivity contribution in [2.24, 2.45) is 11.8 Å². The molecule has 12 nitrogen and oxygen atoms in total. The normalized spacial score (nSPS) is 31.6. The predicted molar refractivity (Wildman–Crippen MR) is 124 cm³/mol. The molecular weight excluding hydrogens is 458 g/mol. The van der Waals surface area contributed by atoms with Crippen LogP contribution < -0.4 is 16.0 Å². The van der Waals surface area contributed by atoms with Crippen LogP contribution in [-0.4, -0.2) is 104 Å². The fraction of sp³-hybridized carbons (Fsp3) is 0.714. The van der Waals surface area contributed by atoms with Crippen LogP contribution in [0.4, 0.5) is 0 Å². The molecule has 0 radical (unpaired) electrons. The topological polar surface area (TPSA) is 137 Å². The number of β-lactam (4-membered cyclic amide) rings is 1. The summed E-state index contributed by atoms with van der Waals surface area (Å²) in [6, 6.07) is -0.368. The minimum absolute atomic E-state index is 0.0179. The molecule has 1 aromatic rings. The first-order valence-electron chi connectivity index (χ1n) is 11.9. The van der Waals surface area contributed by atoms with Crippen LogP contribution in [0, 0.1) is 11.8 Å². The fourth-order valence-corrected chi connectivity index (χ4v) is 6.78. The molecular formula is C21H31N9O3S. The summed E-state index contributed by atoms with van der Waals surface area (Å²) in [7, 11) is 0. The Morgan fingerprint density at radius 1 is 1.32 bits per heavy atom. The Morgan fingerprint density at radius 2 is 2.12 bits per heavy atom. The van der Waals surface area contributed by atoms with Crippen LogP contribution in [0.1, 0.15) is 20.3 Å². The molecule has 3 N–H and O–H groups in total. The monoisotopic (exact) mass is 489 g/mol. The number of carbonyl (C=O) groups excluding carboxylic acids is 3. The number of nitrogens with one attached hydrogen (secondary N) is 3. The van der Waals surface area contributed by atoms with Crippen molar-refractivity contribution in [2.45, 2.75) is 50.2 Å². The Balaban J connectivity index is 1.13. The van der Waals surface area contributed by atoms with Gasteiger partial charge >= 0.3 is 0 Å². The second-order valence-corrected chi connectivity index (χ2v) is 10.8. The molecule has 0 aromatic carbocycles. The fourth-order valence-electron chi connectivity index (χ4n) is 5.40. The van der Waals surface area contributed by atoms with Crippen molar-refractivity contribution < 1.29 is 14.4 Å². The summed E-state index contributed by atoms with van der Waals surface area (Å²) >= 11 is 1.78. The molecule has 3 fully saturated rings. The number of hydrogen-bond donors (Lipinski definition) is 3. The van der Waals surface area contributed by atoms with Gasteiger partial charge in [0.25, 0.3) is 0 Å². The van der Waals surface area contributed by atoms with Crippen LogP contribution >= 0.6 is 11.8 Å². The average molecular weight is 490 g/mol. The summed E-state index contributed by atoms with van der Waals surface area (Å²) in [5, 5.41) is 20.7. The van der Waals surface area contributed by atoms with Gasteiger partial charge in [0.2, 0.25) is 17.7 Å². The molecule has 1 aromatic heterocycles. The lowest BCUT2D eigenvalue weighted by Gasteiger charge is -2.46. The Kier molecular flexibility index (Phi) is 6.58. The molecule has 0 unspecified atom stereocenters. The summed E-state index contributed by atoms with van der Waals surface area (Å²) in [5.41, 5.74) is 0. The molecule has 3 amide bonds. The van der Waals surface area contributed by atoms with Gasteiger partial charge in [-0.3, -0.25) is 14.4 Å². The zero-order chi connectivity index (χ0) is 23.8. The highest BCUT2D eigenvalue weighted by atomic mass is 32.2. The third-order valence-electron chi connectivity index (χ3n) is 7.20. The number of hydrogen-bond acceptors (Lipinski definition) is 9. The van der Waals surface area contributed by atoms with Crippen LogP contribution in [0.15, 0.2) is 17.4 Å². The lowest BCUT2D eigenvalue weighted by molar-refractivity contribution is -0.153. The number of piperazine rings is 1. The second-order valence-electron chi connectivity index (χ2n) is 9.46. The predicted octanol–water partition coefficient (Wildman–Crippen LogP) is -1.61. The van der Waals surface area contributed by atoms with Crippen molar-refractivity contribution in [3.8, 4) is 0 Å². The first-order valence-corrected chi connectivity index (χ1v) is 12.7. The van der Waals surface area contributed by atoms with Crippen molar-refractivity contribution in [2.75, 3.05) is 32.7 Å². The number of aromatic nitrogens is 4. The first kappa shape index (κ1) is 23.2. The van der Waals surface area contributed by atoms with Gasteiger partial charge in [-0.25, -0.2) is 4.68 Å². The van der Waals surface area contributed by atoms with Crippen molar-refractivity contribution in [3.05, 3.63) is 17.4 Å². The maximum absolute atomic E-state index is 12.8. The van der Waals surface area contributed by atoms with Gasteiger partial charge in [-0.15, -0.1) is 16.9 Å². The van der Waals surface area contributed by atoms with E-state index in [0.717, 1.165) is 39.1 Å². The minimum atomic E-state index is -0.285. The van der Waals surface area contributed by atoms with E-state index in [1.165, 1.54) is 15.9 Å². The Morgan fingerprint density at radius 3 is 2.85 bits per heavy atom. The zero-order valence-corrected chi connectivity index (χ0v) is 20.2. The van der Waals surface area contributed by atoms with Gasteiger partial charge in [0.15, 0.2) is 0 Å². The minimum Gasteiger partial charge on any atom is -0.351 e. The molecule has 4 aliphatic rings. The third-order valence-corrected chi connectivity index (χ3v) is 8.64. The van der Waals surface area contributed by atoms with Crippen molar-refractivity contribution in [1.82, 2.24) is 46.0 Å². The van der Waals surface area contributed by atoms with Crippen molar-refractivity contribution >= 4 is 29.5 Å². The highest BCUT2D eigenvalue weighted by Crippen LogP contribution is 2.48. The van der Waals surface area contributed by atoms with Crippen molar-refractivity contribution in [1.29, 1.82) is 0 Å². The largest absolute Gasteiger partial charge is 0.351 e. The van der Waals surface area contributed by atoms with Gasteiger partial charge in [0.05, 0.1) is 18.0 Å². The van der Waals surface area contributed by atoms with E-state index in [0.29, 0.717) is 5.25 Å². The molecule has 0 saturated carbocycles. The smallest absolute Gasteiger partial charge is 0.242 e.